The Kier molecular flexibility index (Phi) is 7.89. The first kappa shape index (κ1) is 24.5. The summed E-state index contributed by atoms with van der Waals surface area (Å²) >= 11 is 0. The Balaban J connectivity index is 2.45. The largest absolute Gasteiger partial charge is 0.507 e. The molecule has 0 aliphatic rings. The van der Waals surface area contributed by atoms with Gasteiger partial charge in [-0.15, -0.1) is 0 Å². The molecule has 2 atom stereocenters. The van der Waals surface area contributed by atoms with Crippen LogP contribution in [0.15, 0.2) is 36.4 Å². The third-order valence-electron chi connectivity index (χ3n) is 4.71. The number of carbonyl (C=O) groups excluding carboxylic acids is 1. The molecule has 0 saturated heterocycles. The fraction of sp³-hybridized carbons (Fsp3) is 0.409. The van der Waals surface area contributed by atoms with E-state index in [1.807, 2.05) is 0 Å². The molecule has 0 heterocycles. The van der Waals surface area contributed by atoms with Crippen molar-refractivity contribution in [2.75, 3.05) is 14.2 Å². The Hall–Kier alpha value is -2.81. The topological polar surface area (TPSA) is 67.8 Å². The second-order valence-electron chi connectivity index (χ2n) is 7.47. The van der Waals surface area contributed by atoms with Gasteiger partial charge in [-0.3, -0.25) is 10.1 Å². The van der Waals surface area contributed by atoms with Crippen molar-refractivity contribution in [2.24, 2.45) is 5.92 Å². The van der Waals surface area contributed by atoms with Gasteiger partial charge in [0.2, 0.25) is 0 Å². The SMILES string of the molecule is COC(=O)C(CC(C)C)NC(c1ccc(-c2cc(OC)ccc2O)c(F)c1)C(F)(F)F. The molecule has 0 amide bonds. The number of rotatable bonds is 8. The van der Waals surface area contributed by atoms with Crippen molar-refractivity contribution >= 4 is 5.97 Å². The minimum Gasteiger partial charge on any atom is -0.507 e. The molecular formula is C22H25F4NO4. The maximum Gasteiger partial charge on any atom is 0.407 e. The van der Waals surface area contributed by atoms with Gasteiger partial charge in [-0.25, -0.2) is 4.39 Å². The van der Waals surface area contributed by atoms with Crippen LogP contribution in [0.4, 0.5) is 17.6 Å². The predicted molar refractivity (Wildman–Crippen MR) is 107 cm³/mol. The van der Waals surface area contributed by atoms with Crippen molar-refractivity contribution in [3.63, 3.8) is 0 Å². The van der Waals surface area contributed by atoms with Gasteiger partial charge in [-0.1, -0.05) is 26.0 Å². The lowest BCUT2D eigenvalue weighted by atomic mass is 9.97. The molecule has 0 bridgehead atoms. The number of nitrogens with one attached hydrogen (secondary N) is 1. The van der Waals surface area contributed by atoms with Gasteiger partial charge in [0.25, 0.3) is 0 Å². The molecule has 2 unspecified atom stereocenters. The highest BCUT2D eigenvalue weighted by atomic mass is 19.4. The summed E-state index contributed by atoms with van der Waals surface area (Å²) in [5.41, 5.74) is -0.422. The number of ether oxygens (including phenoxy) is 2. The van der Waals surface area contributed by atoms with Gasteiger partial charge in [0, 0.05) is 11.1 Å². The number of esters is 1. The standard InChI is InChI=1S/C22H25F4NO4/c1-12(2)9-18(21(29)31-4)27-20(22(24,25)26)13-5-7-15(17(23)10-13)16-11-14(30-3)6-8-19(16)28/h5-8,10-12,18,20,27-28H,9H2,1-4H3. The van der Waals surface area contributed by atoms with Gasteiger partial charge in [0.15, 0.2) is 0 Å². The summed E-state index contributed by atoms with van der Waals surface area (Å²) in [6.45, 7) is 3.52. The smallest absolute Gasteiger partial charge is 0.407 e. The molecule has 0 fully saturated rings. The van der Waals surface area contributed by atoms with Crippen molar-refractivity contribution in [2.45, 2.75) is 38.5 Å². The number of halogens is 4. The summed E-state index contributed by atoms with van der Waals surface area (Å²) in [6, 6.07) is 3.62. The molecule has 170 valence electrons. The molecule has 2 N–H and O–H groups in total. The van der Waals surface area contributed by atoms with Crippen LogP contribution in [0.5, 0.6) is 11.5 Å². The molecular weight excluding hydrogens is 418 g/mol. The Bertz CT molecular complexity index is 915. The number of hydrogen-bond acceptors (Lipinski definition) is 5. The summed E-state index contributed by atoms with van der Waals surface area (Å²) in [4.78, 5) is 12.0. The first-order valence-electron chi connectivity index (χ1n) is 9.55. The van der Waals surface area contributed by atoms with Crippen molar-refractivity contribution in [3.8, 4) is 22.6 Å². The van der Waals surface area contributed by atoms with E-state index >= 15 is 0 Å². The summed E-state index contributed by atoms with van der Waals surface area (Å²) in [7, 11) is 2.49. The Morgan fingerprint density at radius 1 is 1.10 bits per heavy atom. The van der Waals surface area contributed by atoms with Crippen LogP contribution in [0.1, 0.15) is 31.9 Å². The summed E-state index contributed by atoms with van der Waals surface area (Å²) in [6.07, 6.45) is -4.69. The number of phenolic OH excluding ortho intramolecular Hbond substituents is 1. The lowest BCUT2D eigenvalue weighted by Crippen LogP contribution is -2.45. The molecule has 0 aromatic heterocycles. The van der Waals surface area contributed by atoms with Crippen LogP contribution in [-0.4, -0.2) is 37.5 Å². The number of carbonyl (C=O) groups is 1. The number of phenols is 1. The minimum absolute atomic E-state index is 0.0761. The van der Waals surface area contributed by atoms with Crippen molar-refractivity contribution < 1.29 is 36.9 Å². The van der Waals surface area contributed by atoms with E-state index in [4.69, 9.17) is 4.74 Å². The third kappa shape index (κ3) is 6.10. The normalized spacial score (nSPS) is 13.7. The Labute approximate surface area is 178 Å². The average Bonchev–Trinajstić information content (AvgIpc) is 2.69. The molecule has 0 aliphatic heterocycles. The van der Waals surface area contributed by atoms with Crippen LogP contribution in [0, 0.1) is 11.7 Å². The highest BCUT2D eigenvalue weighted by Crippen LogP contribution is 2.38. The lowest BCUT2D eigenvalue weighted by Gasteiger charge is -2.27. The van der Waals surface area contributed by atoms with Gasteiger partial charge >= 0.3 is 12.1 Å². The number of aromatic hydroxyl groups is 1. The van der Waals surface area contributed by atoms with Crippen LogP contribution < -0.4 is 10.1 Å². The first-order valence-corrected chi connectivity index (χ1v) is 9.55. The zero-order chi connectivity index (χ0) is 23.3. The van der Waals surface area contributed by atoms with Crippen LogP contribution in [0.3, 0.4) is 0 Å². The van der Waals surface area contributed by atoms with Gasteiger partial charge in [0.1, 0.15) is 29.4 Å². The van der Waals surface area contributed by atoms with Crippen molar-refractivity contribution in [1.82, 2.24) is 5.32 Å². The molecule has 0 saturated carbocycles. The fourth-order valence-electron chi connectivity index (χ4n) is 3.21. The highest BCUT2D eigenvalue weighted by molar-refractivity contribution is 5.76. The van der Waals surface area contributed by atoms with E-state index in [-0.39, 0.29) is 29.2 Å². The van der Waals surface area contributed by atoms with E-state index in [2.05, 4.69) is 10.1 Å². The monoisotopic (exact) mass is 443 g/mol. The van der Waals surface area contributed by atoms with E-state index in [1.54, 1.807) is 13.8 Å². The molecule has 9 heteroatoms. The van der Waals surface area contributed by atoms with Crippen LogP contribution in [-0.2, 0) is 9.53 Å². The summed E-state index contributed by atoms with van der Waals surface area (Å²) in [5, 5.41) is 12.3. The zero-order valence-electron chi connectivity index (χ0n) is 17.6. The quantitative estimate of drug-likeness (QED) is 0.445. The maximum atomic E-state index is 14.8. The molecule has 5 nitrogen and oxygen atoms in total. The first-order chi connectivity index (χ1) is 14.5. The molecule has 31 heavy (non-hydrogen) atoms. The second kappa shape index (κ2) is 10.00. The van der Waals surface area contributed by atoms with Gasteiger partial charge in [-0.2, -0.15) is 13.2 Å². The van der Waals surface area contributed by atoms with Crippen LogP contribution >= 0.6 is 0 Å². The van der Waals surface area contributed by atoms with Crippen LogP contribution in [0.25, 0.3) is 11.1 Å². The molecule has 0 spiro atoms. The Morgan fingerprint density at radius 3 is 2.29 bits per heavy atom. The summed E-state index contributed by atoms with van der Waals surface area (Å²) in [5.74, 6) is -1.78. The molecule has 0 radical (unpaired) electrons. The summed E-state index contributed by atoms with van der Waals surface area (Å²) < 4.78 is 65.9. The third-order valence-corrected chi connectivity index (χ3v) is 4.71. The molecule has 2 rings (SSSR count). The molecule has 2 aromatic rings. The number of benzene rings is 2. The van der Waals surface area contributed by atoms with Crippen molar-refractivity contribution in [3.05, 3.63) is 47.8 Å². The predicted octanol–water partition coefficient (Wildman–Crippen LogP) is 4.99. The molecule has 0 aliphatic carbocycles. The van der Waals surface area contributed by atoms with Crippen LogP contribution in [0.2, 0.25) is 0 Å². The minimum atomic E-state index is -4.80. The van der Waals surface area contributed by atoms with Gasteiger partial charge < -0.3 is 14.6 Å². The van der Waals surface area contributed by atoms with Gasteiger partial charge in [-0.05, 0) is 42.2 Å². The van der Waals surface area contributed by atoms with E-state index in [1.165, 1.54) is 25.3 Å². The van der Waals surface area contributed by atoms with E-state index in [9.17, 15) is 27.5 Å². The van der Waals surface area contributed by atoms with E-state index < -0.39 is 35.6 Å². The lowest BCUT2D eigenvalue weighted by molar-refractivity contribution is -0.164. The van der Waals surface area contributed by atoms with Gasteiger partial charge in [0.05, 0.1) is 14.2 Å². The molecule has 2 aromatic carbocycles. The second-order valence-corrected chi connectivity index (χ2v) is 7.47. The number of methoxy groups -OCH3 is 2. The van der Waals surface area contributed by atoms with E-state index in [0.717, 1.165) is 25.3 Å². The average molecular weight is 443 g/mol. The van der Waals surface area contributed by atoms with E-state index in [0.29, 0.717) is 5.75 Å². The Morgan fingerprint density at radius 2 is 1.77 bits per heavy atom. The number of alkyl halides is 3. The van der Waals surface area contributed by atoms with Crippen molar-refractivity contribution in [1.29, 1.82) is 0 Å². The highest BCUT2D eigenvalue weighted by Gasteiger charge is 2.43. The number of hydrogen-bond donors (Lipinski definition) is 2. The maximum absolute atomic E-state index is 14.8. The fourth-order valence-corrected chi connectivity index (χ4v) is 3.21. The zero-order valence-corrected chi connectivity index (χ0v) is 17.6.